The molecule has 6 nitrogen and oxygen atoms in total. The van der Waals surface area contributed by atoms with Crippen LogP contribution in [0, 0.1) is 0 Å². The van der Waals surface area contributed by atoms with Gasteiger partial charge in [0.05, 0.1) is 18.0 Å². The number of thiophene rings is 1. The molecule has 1 amide bonds. The number of rotatable bonds is 10. The number of Topliss-reactive ketones (excluding diaryl/α,β-unsaturated/α-hetero) is 1. The van der Waals surface area contributed by atoms with Crippen molar-refractivity contribution in [3.63, 3.8) is 0 Å². The minimum absolute atomic E-state index is 0.130. The number of halogens is 1. The largest absolute Gasteiger partial charge is 0.494 e. The second-order valence-corrected chi connectivity index (χ2v) is 7.75. The van der Waals surface area contributed by atoms with Gasteiger partial charge in [-0.2, -0.15) is 0 Å². The lowest BCUT2D eigenvalue weighted by Crippen LogP contribution is -2.18. The van der Waals surface area contributed by atoms with Crippen molar-refractivity contribution < 1.29 is 23.9 Å². The molecule has 0 spiro atoms. The number of carbonyl (C=O) groups excluding carboxylic acids is 3. The lowest BCUT2D eigenvalue weighted by Gasteiger charge is -2.06. The summed E-state index contributed by atoms with van der Waals surface area (Å²) in [7, 11) is 0. The number of amides is 1. The van der Waals surface area contributed by atoms with E-state index in [-0.39, 0.29) is 24.7 Å². The molecule has 0 aliphatic heterocycles. The van der Waals surface area contributed by atoms with Gasteiger partial charge in [0.15, 0.2) is 6.61 Å². The van der Waals surface area contributed by atoms with E-state index in [4.69, 9.17) is 9.47 Å². The van der Waals surface area contributed by atoms with Crippen molar-refractivity contribution in [2.45, 2.75) is 26.3 Å². The number of hydrogen-bond donors (Lipinski definition) is 1. The monoisotopic (exact) mass is 453 g/mol. The predicted molar refractivity (Wildman–Crippen MR) is 106 cm³/mol. The van der Waals surface area contributed by atoms with Crippen LogP contribution in [0.2, 0.25) is 0 Å². The first-order valence-corrected chi connectivity index (χ1v) is 9.95. The summed E-state index contributed by atoms with van der Waals surface area (Å²) < 4.78 is 11.5. The van der Waals surface area contributed by atoms with Crippen molar-refractivity contribution in [1.82, 2.24) is 5.32 Å². The summed E-state index contributed by atoms with van der Waals surface area (Å²) in [5.74, 6) is -0.0983. The molecule has 8 heteroatoms. The number of esters is 1. The average molecular weight is 454 g/mol. The molecular weight excluding hydrogens is 434 g/mol. The number of benzene rings is 1. The Morgan fingerprint density at radius 3 is 2.74 bits per heavy atom. The topological polar surface area (TPSA) is 81.7 Å². The molecule has 27 heavy (non-hydrogen) atoms. The van der Waals surface area contributed by atoms with E-state index in [0.717, 1.165) is 15.1 Å². The third-order valence-corrected chi connectivity index (χ3v) is 5.02. The summed E-state index contributed by atoms with van der Waals surface area (Å²) >= 11 is 4.64. The van der Waals surface area contributed by atoms with Crippen LogP contribution in [-0.4, -0.2) is 30.9 Å². The lowest BCUT2D eigenvalue weighted by atomic mass is 10.3. The Morgan fingerprint density at radius 2 is 2.00 bits per heavy atom. The van der Waals surface area contributed by atoms with E-state index in [9.17, 15) is 14.4 Å². The molecule has 0 atom stereocenters. The van der Waals surface area contributed by atoms with Gasteiger partial charge in [0, 0.05) is 22.7 Å². The van der Waals surface area contributed by atoms with E-state index in [2.05, 4.69) is 21.2 Å². The van der Waals surface area contributed by atoms with E-state index in [0.29, 0.717) is 24.4 Å². The van der Waals surface area contributed by atoms with Gasteiger partial charge in [-0.05, 0) is 36.8 Å². The van der Waals surface area contributed by atoms with Crippen molar-refractivity contribution in [3.05, 3.63) is 50.6 Å². The van der Waals surface area contributed by atoms with Gasteiger partial charge in [-0.3, -0.25) is 14.4 Å². The molecule has 1 aromatic heterocycles. The summed E-state index contributed by atoms with van der Waals surface area (Å²) in [6.45, 7) is 1.91. The van der Waals surface area contributed by atoms with Crippen LogP contribution in [0.5, 0.6) is 5.75 Å². The first-order valence-electron chi connectivity index (χ1n) is 8.34. The molecule has 2 aromatic rings. The Bertz CT molecular complexity index is 805. The number of carbonyl (C=O) groups is 3. The minimum Gasteiger partial charge on any atom is -0.494 e. The molecule has 0 aliphatic carbocycles. The molecule has 144 valence electrons. The molecule has 0 saturated carbocycles. The van der Waals surface area contributed by atoms with Crippen LogP contribution in [0.15, 0.2) is 40.9 Å². The van der Waals surface area contributed by atoms with E-state index < -0.39 is 5.97 Å². The number of ether oxygens (including phenoxy) is 2. The summed E-state index contributed by atoms with van der Waals surface area (Å²) in [4.78, 5) is 36.1. The van der Waals surface area contributed by atoms with Crippen molar-refractivity contribution in [3.8, 4) is 5.75 Å². The Hall–Kier alpha value is -2.19. The third kappa shape index (κ3) is 7.92. The number of hydrogen-bond acceptors (Lipinski definition) is 6. The Morgan fingerprint density at radius 1 is 1.19 bits per heavy atom. The van der Waals surface area contributed by atoms with E-state index >= 15 is 0 Å². The third-order valence-electron chi connectivity index (χ3n) is 3.40. The second kappa shape index (κ2) is 10.8. The quantitative estimate of drug-likeness (QED) is 0.336. The molecule has 0 fully saturated rings. The summed E-state index contributed by atoms with van der Waals surface area (Å²) in [6.07, 6.45) is 0.679. The maximum absolute atomic E-state index is 12.1. The highest BCUT2D eigenvalue weighted by molar-refractivity contribution is 9.10. The maximum Gasteiger partial charge on any atom is 0.306 e. The maximum atomic E-state index is 12.1. The fourth-order valence-corrected chi connectivity index (χ4v) is 3.34. The summed E-state index contributed by atoms with van der Waals surface area (Å²) in [5.41, 5.74) is 0. The number of nitrogens with one attached hydrogen (secondary N) is 1. The van der Waals surface area contributed by atoms with Gasteiger partial charge in [0.1, 0.15) is 5.75 Å². The second-order valence-electron chi connectivity index (χ2n) is 5.67. The van der Waals surface area contributed by atoms with Crippen LogP contribution in [-0.2, 0) is 20.9 Å². The van der Waals surface area contributed by atoms with Gasteiger partial charge in [0.25, 0.3) is 0 Å². The van der Waals surface area contributed by atoms with Gasteiger partial charge in [-0.15, -0.1) is 11.3 Å². The van der Waals surface area contributed by atoms with Crippen molar-refractivity contribution >= 4 is 44.9 Å². The SMILES string of the molecule is CC(=O)NCc1ccc(C(=O)COC(=O)CCCOc2cccc(Br)c2)s1. The molecule has 0 unspecified atom stereocenters. The van der Waals surface area contributed by atoms with E-state index in [1.54, 1.807) is 12.1 Å². The van der Waals surface area contributed by atoms with E-state index in [1.807, 2.05) is 24.3 Å². The van der Waals surface area contributed by atoms with Gasteiger partial charge >= 0.3 is 5.97 Å². The summed E-state index contributed by atoms with van der Waals surface area (Å²) in [5, 5.41) is 2.67. The van der Waals surface area contributed by atoms with Crippen LogP contribution < -0.4 is 10.1 Å². The fraction of sp³-hybridized carbons (Fsp3) is 0.316. The Kier molecular flexibility index (Phi) is 8.47. The number of ketones is 1. The molecule has 1 heterocycles. The predicted octanol–water partition coefficient (Wildman–Crippen LogP) is 3.73. The van der Waals surface area contributed by atoms with Crippen LogP contribution in [0.3, 0.4) is 0 Å². The molecule has 0 aliphatic rings. The van der Waals surface area contributed by atoms with Crippen molar-refractivity contribution in [2.75, 3.05) is 13.2 Å². The van der Waals surface area contributed by atoms with Gasteiger partial charge < -0.3 is 14.8 Å². The van der Waals surface area contributed by atoms with Gasteiger partial charge in [0.2, 0.25) is 11.7 Å². The molecular formula is C19H20BrNO5S. The van der Waals surface area contributed by atoms with Crippen LogP contribution >= 0.6 is 27.3 Å². The zero-order chi connectivity index (χ0) is 19.6. The summed E-state index contributed by atoms with van der Waals surface area (Å²) in [6, 6.07) is 10.9. The van der Waals surface area contributed by atoms with Crippen molar-refractivity contribution in [2.24, 2.45) is 0 Å². The highest BCUT2D eigenvalue weighted by atomic mass is 79.9. The minimum atomic E-state index is -0.434. The van der Waals surface area contributed by atoms with E-state index in [1.165, 1.54) is 18.3 Å². The van der Waals surface area contributed by atoms with Crippen LogP contribution in [0.1, 0.15) is 34.3 Å². The highest BCUT2D eigenvalue weighted by Crippen LogP contribution is 2.18. The normalized spacial score (nSPS) is 10.3. The van der Waals surface area contributed by atoms with Gasteiger partial charge in [-0.1, -0.05) is 22.0 Å². The molecule has 0 radical (unpaired) electrons. The standard InChI is InChI=1S/C19H20BrNO5S/c1-13(22)21-11-16-7-8-18(27-16)17(23)12-26-19(24)6-3-9-25-15-5-2-4-14(20)10-15/h2,4-5,7-8,10H,3,6,9,11-12H2,1H3,(H,21,22). The highest BCUT2D eigenvalue weighted by Gasteiger charge is 2.12. The molecule has 1 aromatic carbocycles. The molecule has 1 N–H and O–H groups in total. The lowest BCUT2D eigenvalue weighted by molar-refractivity contribution is -0.142. The fourth-order valence-electron chi connectivity index (χ4n) is 2.09. The van der Waals surface area contributed by atoms with Gasteiger partial charge in [-0.25, -0.2) is 0 Å². The van der Waals surface area contributed by atoms with Crippen LogP contribution in [0.25, 0.3) is 0 Å². The van der Waals surface area contributed by atoms with Crippen molar-refractivity contribution in [1.29, 1.82) is 0 Å². The smallest absolute Gasteiger partial charge is 0.306 e. The van der Waals surface area contributed by atoms with Crippen LogP contribution in [0.4, 0.5) is 0 Å². The zero-order valence-corrected chi connectivity index (χ0v) is 17.2. The first kappa shape index (κ1) is 21.1. The molecule has 2 rings (SSSR count). The molecule has 0 bridgehead atoms. The Labute approximate surface area is 170 Å². The zero-order valence-electron chi connectivity index (χ0n) is 14.8. The molecule has 0 saturated heterocycles. The Balaban J connectivity index is 1.64. The first-order chi connectivity index (χ1) is 12.9. The average Bonchev–Trinajstić information content (AvgIpc) is 3.11.